The molecule has 1 unspecified atom stereocenters. The van der Waals surface area contributed by atoms with Gasteiger partial charge in [0, 0.05) is 23.1 Å². The van der Waals surface area contributed by atoms with Crippen molar-refractivity contribution in [1.29, 1.82) is 0 Å². The molecule has 2 aromatic heterocycles. The standard InChI is InChI=1S/C23H18ClN5O2/c24-16-6-3-7-17(11-16)26-21(30)12-20-22(31)28(14-15-5-4-10-25-13-15)23-27-18-8-1-2-9-19(18)29(20)23/h1-11,13,20H,12,14H2,(H,26,30). The molecule has 0 fully saturated rings. The Morgan fingerprint density at radius 2 is 1.97 bits per heavy atom. The van der Waals surface area contributed by atoms with Gasteiger partial charge in [-0.05, 0) is 42.0 Å². The van der Waals surface area contributed by atoms with Crippen molar-refractivity contribution in [1.82, 2.24) is 14.5 Å². The summed E-state index contributed by atoms with van der Waals surface area (Å²) in [5.41, 5.74) is 3.07. The first-order chi connectivity index (χ1) is 15.1. The van der Waals surface area contributed by atoms with Crippen molar-refractivity contribution in [3.63, 3.8) is 0 Å². The van der Waals surface area contributed by atoms with Gasteiger partial charge in [0.1, 0.15) is 6.04 Å². The smallest absolute Gasteiger partial charge is 0.253 e. The molecule has 2 aromatic carbocycles. The number of nitrogens with one attached hydrogen (secondary N) is 1. The number of para-hydroxylation sites is 2. The van der Waals surface area contributed by atoms with Gasteiger partial charge in [0.05, 0.1) is 24.0 Å². The molecule has 8 heteroatoms. The minimum Gasteiger partial charge on any atom is -0.326 e. The molecule has 1 aliphatic heterocycles. The molecule has 0 bridgehead atoms. The maximum absolute atomic E-state index is 13.4. The van der Waals surface area contributed by atoms with Gasteiger partial charge in [0.15, 0.2) is 0 Å². The summed E-state index contributed by atoms with van der Waals surface area (Å²) in [6.07, 6.45) is 3.40. The first-order valence-electron chi connectivity index (χ1n) is 9.83. The number of anilines is 2. The number of imidazole rings is 1. The molecule has 1 aliphatic rings. The van der Waals surface area contributed by atoms with Crippen molar-refractivity contribution in [3.05, 3.63) is 83.6 Å². The molecule has 31 heavy (non-hydrogen) atoms. The molecule has 5 rings (SSSR count). The SMILES string of the molecule is O=C(CC1C(=O)N(Cc2cccnc2)c2nc3ccccc3n21)Nc1cccc(Cl)c1. The van der Waals surface area contributed by atoms with Crippen LogP contribution in [0, 0.1) is 0 Å². The summed E-state index contributed by atoms with van der Waals surface area (Å²) in [6, 6.07) is 17.6. The molecule has 7 nitrogen and oxygen atoms in total. The molecule has 154 valence electrons. The first-order valence-corrected chi connectivity index (χ1v) is 10.2. The number of pyridine rings is 1. The summed E-state index contributed by atoms with van der Waals surface area (Å²) >= 11 is 6.01. The van der Waals surface area contributed by atoms with E-state index in [9.17, 15) is 9.59 Å². The van der Waals surface area contributed by atoms with E-state index in [0.29, 0.717) is 23.2 Å². The van der Waals surface area contributed by atoms with Crippen LogP contribution in [-0.4, -0.2) is 26.3 Å². The molecular formula is C23H18ClN5O2. The van der Waals surface area contributed by atoms with Crippen LogP contribution in [0.2, 0.25) is 5.02 Å². The monoisotopic (exact) mass is 431 g/mol. The topological polar surface area (TPSA) is 80.1 Å². The molecule has 2 amide bonds. The van der Waals surface area contributed by atoms with E-state index in [-0.39, 0.29) is 18.2 Å². The van der Waals surface area contributed by atoms with Gasteiger partial charge in [-0.2, -0.15) is 0 Å². The molecule has 1 N–H and O–H groups in total. The van der Waals surface area contributed by atoms with Crippen molar-refractivity contribution in [2.45, 2.75) is 19.0 Å². The van der Waals surface area contributed by atoms with E-state index in [1.54, 1.807) is 41.6 Å². The van der Waals surface area contributed by atoms with Crippen LogP contribution in [-0.2, 0) is 16.1 Å². The van der Waals surface area contributed by atoms with Gasteiger partial charge >= 0.3 is 0 Å². The predicted molar refractivity (Wildman–Crippen MR) is 119 cm³/mol. The van der Waals surface area contributed by atoms with Gasteiger partial charge in [-0.3, -0.25) is 24.0 Å². The van der Waals surface area contributed by atoms with Gasteiger partial charge in [0.2, 0.25) is 11.9 Å². The van der Waals surface area contributed by atoms with Gasteiger partial charge in [-0.1, -0.05) is 35.9 Å². The van der Waals surface area contributed by atoms with E-state index in [1.807, 2.05) is 41.0 Å². The van der Waals surface area contributed by atoms with Crippen LogP contribution in [0.25, 0.3) is 11.0 Å². The second-order valence-corrected chi connectivity index (χ2v) is 7.77. The van der Waals surface area contributed by atoms with Gasteiger partial charge in [-0.15, -0.1) is 0 Å². The van der Waals surface area contributed by atoms with E-state index in [0.717, 1.165) is 16.6 Å². The van der Waals surface area contributed by atoms with Gasteiger partial charge in [-0.25, -0.2) is 4.98 Å². The molecule has 0 aliphatic carbocycles. The maximum Gasteiger partial charge on any atom is 0.253 e. The Hall–Kier alpha value is -3.71. The number of hydrogen-bond donors (Lipinski definition) is 1. The number of halogens is 1. The molecular weight excluding hydrogens is 414 g/mol. The van der Waals surface area contributed by atoms with Crippen molar-refractivity contribution < 1.29 is 9.59 Å². The lowest BCUT2D eigenvalue weighted by Crippen LogP contribution is -2.31. The fourth-order valence-electron chi connectivity index (χ4n) is 3.87. The highest BCUT2D eigenvalue weighted by molar-refractivity contribution is 6.30. The molecule has 0 spiro atoms. The summed E-state index contributed by atoms with van der Waals surface area (Å²) in [6.45, 7) is 0.336. The van der Waals surface area contributed by atoms with Crippen molar-refractivity contribution in [2.75, 3.05) is 10.2 Å². The number of carbonyl (C=O) groups is 2. The number of rotatable bonds is 5. The van der Waals surface area contributed by atoms with E-state index >= 15 is 0 Å². The number of aromatic nitrogens is 3. The maximum atomic E-state index is 13.4. The lowest BCUT2D eigenvalue weighted by molar-refractivity contribution is -0.124. The number of carbonyl (C=O) groups excluding carboxylic acids is 2. The van der Waals surface area contributed by atoms with Crippen molar-refractivity contribution >= 4 is 46.1 Å². The normalized spacial score (nSPS) is 15.3. The zero-order valence-electron chi connectivity index (χ0n) is 16.4. The highest BCUT2D eigenvalue weighted by atomic mass is 35.5. The number of amides is 2. The Balaban J connectivity index is 1.47. The lowest BCUT2D eigenvalue weighted by atomic mass is 10.1. The van der Waals surface area contributed by atoms with E-state index in [2.05, 4.69) is 15.3 Å². The van der Waals surface area contributed by atoms with Crippen LogP contribution >= 0.6 is 11.6 Å². The van der Waals surface area contributed by atoms with Crippen molar-refractivity contribution in [2.24, 2.45) is 0 Å². The minimum atomic E-state index is -0.682. The average molecular weight is 432 g/mol. The second-order valence-electron chi connectivity index (χ2n) is 7.33. The van der Waals surface area contributed by atoms with Crippen LogP contribution in [0.5, 0.6) is 0 Å². The highest BCUT2D eigenvalue weighted by Crippen LogP contribution is 2.37. The number of fused-ring (bicyclic) bond motifs is 3. The summed E-state index contributed by atoms with van der Waals surface area (Å²) in [5, 5.41) is 3.36. The third-order valence-electron chi connectivity index (χ3n) is 5.23. The molecule has 4 aromatic rings. The largest absolute Gasteiger partial charge is 0.326 e. The van der Waals surface area contributed by atoms with E-state index in [4.69, 9.17) is 11.6 Å². The van der Waals surface area contributed by atoms with Crippen molar-refractivity contribution in [3.8, 4) is 0 Å². The van der Waals surface area contributed by atoms with Crippen LogP contribution in [0.15, 0.2) is 73.1 Å². The summed E-state index contributed by atoms with van der Waals surface area (Å²) < 4.78 is 1.85. The lowest BCUT2D eigenvalue weighted by Gasteiger charge is -2.16. The highest BCUT2D eigenvalue weighted by Gasteiger charge is 2.40. The Bertz CT molecular complexity index is 1290. The van der Waals surface area contributed by atoms with E-state index < -0.39 is 6.04 Å². The second kappa shape index (κ2) is 7.85. The Morgan fingerprint density at radius 1 is 1.10 bits per heavy atom. The van der Waals surface area contributed by atoms with Crippen LogP contribution in [0.1, 0.15) is 18.0 Å². The van der Waals surface area contributed by atoms with Gasteiger partial charge < -0.3 is 5.32 Å². The molecule has 1 atom stereocenters. The molecule has 0 saturated carbocycles. The third kappa shape index (κ3) is 3.64. The summed E-state index contributed by atoms with van der Waals surface area (Å²) in [4.78, 5) is 36.6. The molecule has 0 saturated heterocycles. The Morgan fingerprint density at radius 3 is 2.77 bits per heavy atom. The quantitative estimate of drug-likeness (QED) is 0.513. The zero-order valence-corrected chi connectivity index (χ0v) is 17.2. The van der Waals surface area contributed by atoms with Gasteiger partial charge in [0.25, 0.3) is 5.91 Å². The number of nitrogens with zero attached hydrogens (tertiary/aromatic N) is 4. The third-order valence-corrected chi connectivity index (χ3v) is 5.47. The number of benzene rings is 2. The zero-order chi connectivity index (χ0) is 21.4. The number of hydrogen-bond acceptors (Lipinski definition) is 4. The summed E-state index contributed by atoms with van der Waals surface area (Å²) in [5.74, 6) is 0.0986. The van der Waals surface area contributed by atoms with E-state index in [1.165, 1.54) is 0 Å². The fourth-order valence-corrected chi connectivity index (χ4v) is 4.06. The summed E-state index contributed by atoms with van der Waals surface area (Å²) in [7, 11) is 0. The molecule has 3 heterocycles. The first kappa shape index (κ1) is 19.3. The fraction of sp³-hybridized carbons (Fsp3) is 0.130. The van der Waals surface area contributed by atoms with Crippen LogP contribution < -0.4 is 10.2 Å². The average Bonchev–Trinajstić information content (AvgIpc) is 3.25. The predicted octanol–water partition coefficient (Wildman–Crippen LogP) is 4.20. The Labute approximate surface area is 183 Å². The Kier molecular flexibility index (Phi) is 4.88. The van der Waals surface area contributed by atoms with Crippen LogP contribution in [0.4, 0.5) is 11.6 Å². The van der Waals surface area contributed by atoms with Crippen LogP contribution in [0.3, 0.4) is 0 Å². The minimum absolute atomic E-state index is 0.0117. The molecule has 0 radical (unpaired) electrons.